The highest BCUT2D eigenvalue weighted by Gasteiger charge is 2.38. The van der Waals surface area contributed by atoms with Gasteiger partial charge in [0.15, 0.2) is 12.2 Å². The smallest absolute Gasteiger partial charge is 0.407 e. The molecule has 0 radical (unpaired) electrons. The molecule has 1 aromatic carbocycles. The number of nitrogens with zero attached hydrogens (tertiary/aromatic N) is 1. The number of unbranched alkanes of at least 4 members (excludes halogenated alkanes) is 18. The number of hydrogen-bond donors (Lipinski definition) is 2. The molecule has 1 aromatic rings. The maximum Gasteiger partial charge on any atom is 0.407 e. The molecule has 2 N–H and O–H groups in total. The van der Waals surface area contributed by atoms with Crippen LogP contribution in [0.3, 0.4) is 0 Å². The van der Waals surface area contributed by atoms with Crippen molar-refractivity contribution < 1.29 is 19.1 Å². The molecule has 2 amide bonds. The fraction of sp³-hybridized carbons (Fsp3) is 0.784. The molecule has 2 atom stereocenters. The van der Waals surface area contributed by atoms with Crippen molar-refractivity contribution in [2.75, 3.05) is 26.2 Å². The molecule has 44 heavy (non-hydrogen) atoms. The molecule has 252 valence electrons. The van der Waals surface area contributed by atoms with Gasteiger partial charge in [-0.2, -0.15) is 0 Å². The van der Waals surface area contributed by atoms with Crippen LogP contribution in [-0.2, 0) is 16.0 Å². The van der Waals surface area contributed by atoms with Crippen LogP contribution in [0.4, 0.5) is 9.59 Å². The number of hydrogen-bond acceptors (Lipinski definition) is 5. The van der Waals surface area contributed by atoms with Crippen LogP contribution >= 0.6 is 0 Å². The van der Waals surface area contributed by atoms with E-state index in [1.165, 1.54) is 108 Å². The predicted octanol–water partition coefficient (Wildman–Crippen LogP) is 9.53. The van der Waals surface area contributed by atoms with E-state index in [0.717, 1.165) is 32.2 Å². The molecule has 0 aromatic heterocycles. The summed E-state index contributed by atoms with van der Waals surface area (Å²) in [5.41, 5.74) is 1.18. The van der Waals surface area contributed by atoms with E-state index in [0.29, 0.717) is 26.2 Å². The fourth-order valence-electron chi connectivity index (χ4n) is 5.98. The van der Waals surface area contributed by atoms with Crippen LogP contribution in [-0.4, -0.2) is 55.5 Å². The number of alkyl carbamates (subject to hydrolysis) is 2. The van der Waals surface area contributed by atoms with E-state index < -0.39 is 24.4 Å². The lowest BCUT2D eigenvalue weighted by Crippen LogP contribution is -2.39. The molecule has 0 saturated carbocycles. The Labute approximate surface area is 269 Å². The Balaban J connectivity index is 1.64. The van der Waals surface area contributed by atoms with E-state index in [1.807, 2.05) is 18.2 Å². The van der Waals surface area contributed by atoms with Crippen molar-refractivity contribution in [1.29, 1.82) is 0 Å². The molecule has 1 fully saturated rings. The molecule has 0 unspecified atom stereocenters. The monoisotopic (exact) mass is 615 g/mol. The Kier molecular flexibility index (Phi) is 22.4. The number of rotatable bonds is 26. The molecule has 2 rings (SSSR count). The lowest BCUT2D eigenvalue weighted by atomic mass is 10.1. The van der Waals surface area contributed by atoms with E-state index in [2.05, 4.69) is 41.5 Å². The van der Waals surface area contributed by atoms with Crippen LogP contribution < -0.4 is 10.6 Å². The van der Waals surface area contributed by atoms with Gasteiger partial charge in [-0.25, -0.2) is 9.59 Å². The maximum atomic E-state index is 12.6. The van der Waals surface area contributed by atoms with Crippen LogP contribution in [0, 0.1) is 0 Å². The second kappa shape index (κ2) is 26.0. The van der Waals surface area contributed by atoms with Crippen molar-refractivity contribution in [3.63, 3.8) is 0 Å². The van der Waals surface area contributed by atoms with E-state index in [-0.39, 0.29) is 0 Å². The molecule has 7 heteroatoms. The minimum atomic E-state index is -0.491. The van der Waals surface area contributed by atoms with Crippen molar-refractivity contribution in [3.05, 3.63) is 35.9 Å². The lowest BCUT2D eigenvalue weighted by molar-refractivity contribution is 0.0175. The molecular formula is C37H65N3O4. The number of benzene rings is 1. The Morgan fingerprint density at radius 1 is 0.591 bits per heavy atom. The van der Waals surface area contributed by atoms with Crippen LogP contribution in [0.1, 0.15) is 148 Å². The number of carbonyl (C=O) groups excluding carboxylic acids is 2. The summed E-state index contributed by atoms with van der Waals surface area (Å²) in [6.07, 6.45) is 23.4. The summed E-state index contributed by atoms with van der Waals surface area (Å²) in [6, 6.07) is 10.2. The molecule has 1 aliphatic heterocycles. The Morgan fingerprint density at radius 3 is 1.34 bits per heavy atom. The summed E-state index contributed by atoms with van der Waals surface area (Å²) in [5.74, 6) is 0. The highest BCUT2D eigenvalue weighted by Crippen LogP contribution is 2.20. The first-order chi connectivity index (χ1) is 21.6. The van der Waals surface area contributed by atoms with Crippen LogP contribution in [0.2, 0.25) is 0 Å². The van der Waals surface area contributed by atoms with E-state index in [4.69, 9.17) is 9.47 Å². The predicted molar refractivity (Wildman–Crippen MR) is 182 cm³/mol. The molecule has 0 bridgehead atoms. The lowest BCUT2D eigenvalue weighted by Gasteiger charge is -2.20. The fourth-order valence-corrected chi connectivity index (χ4v) is 5.98. The van der Waals surface area contributed by atoms with E-state index in [9.17, 15) is 9.59 Å². The summed E-state index contributed by atoms with van der Waals surface area (Å²) < 4.78 is 11.6. The van der Waals surface area contributed by atoms with E-state index >= 15 is 0 Å². The van der Waals surface area contributed by atoms with Crippen molar-refractivity contribution in [2.45, 2.75) is 161 Å². The van der Waals surface area contributed by atoms with Gasteiger partial charge in [0.1, 0.15) is 0 Å². The van der Waals surface area contributed by atoms with Gasteiger partial charge in [0, 0.05) is 32.7 Å². The average Bonchev–Trinajstić information content (AvgIpc) is 3.38. The SMILES string of the molecule is CCCCCCCCCCCCNC(=O)O[C@H]1CN(Cc2ccccc2)C[C@@H]1OC(=O)NCCCCCCCCCCCC. The van der Waals surface area contributed by atoms with Gasteiger partial charge in [0.05, 0.1) is 0 Å². The standard InChI is InChI=1S/C37H65N3O4/c1-3-5-7-9-11-13-15-17-19-24-28-38-36(41)43-34-31-40(30-33-26-22-21-23-27-33)32-35(34)44-37(42)39-29-25-20-18-16-14-12-10-8-6-4-2/h21-23,26-27,34-35H,3-20,24-25,28-32H2,1-2H3,(H,38,41)(H,39,42)/t34-,35-/m0/s1. The minimum absolute atomic E-state index is 0.424. The zero-order valence-corrected chi connectivity index (χ0v) is 28.3. The van der Waals surface area contributed by atoms with Gasteiger partial charge in [0.2, 0.25) is 0 Å². The van der Waals surface area contributed by atoms with Gasteiger partial charge in [0.25, 0.3) is 0 Å². The first-order valence-electron chi connectivity index (χ1n) is 18.3. The summed E-state index contributed by atoms with van der Waals surface area (Å²) in [5, 5.41) is 5.83. The highest BCUT2D eigenvalue weighted by atomic mass is 16.6. The molecule has 1 saturated heterocycles. The number of likely N-dealkylation sites (tertiary alicyclic amines) is 1. The normalized spacial score (nSPS) is 16.6. The zero-order valence-electron chi connectivity index (χ0n) is 28.3. The maximum absolute atomic E-state index is 12.6. The van der Waals surface area contributed by atoms with Gasteiger partial charge < -0.3 is 20.1 Å². The quantitative estimate of drug-likeness (QED) is 0.101. The minimum Gasteiger partial charge on any atom is -0.441 e. The third-order valence-corrected chi connectivity index (χ3v) is 8.66. The number of carbonyl (C=O) groups is 2. The first-order valence-corrected chi connectivity index (χ1v) is 18.3. The van der Waals surface area contributed by atoms with Crippen molar-refractivity contribution >= 4 is 12.2 Å². The van der Waals surface area contributed by atoms with Gasteiger partial charge >= 0.3 is 12.2 Å². The van der Waals surface area contributed by atoms with Crippen molar-refractivity contribution in [1.82, 2.24) is 15.5 Å². The summed E-state index contributed by atoms with van der Waals surface area (Å²) in [4.78, 5) is 27.5. The topological polar surface area (TPSA) is 79.9 Å². The second-order valence-corrected chi connectivity index (χ2v) is 12.8. The van der Waals surface area contributed by atoms with Crippen molar-refractivity contribution in [3.8, 4) is 0 Å². The van der Waals surface area contributed by atoms with Crippen LogP contribution in [0.15, 0.2) is 30.3 Å². The molecule has 1 aliphatic rings. The second-order valence-electron chi connectivity index (χ2n) is 12.8. The molecular weight excluding hydrogens is 550 g/mol. The summed E-state index contributed by atoms with van der Waals surface area (Å²) in [7, 11) is 0. The molecule has 0 spiro atoms. The Hall–Kier alpha value is -2.28. The molecule has 1 heterocycles. The Morgan fingerprint density at radius 2 is 0.955 bits per heavy atom. The highest BCUT2D eigenvalue weighted by molar-refractivity contribution is 5.68. The number of amides is 2. The third-order valence-electron chi connectivity index (χ3n) is 8.66. The van der Waals surface area contributed by atoms with Crippen LogP contribution in [0.25, 0.3) is 0 Å². The zero-order chi connectivity index (χ0) is 31.5. The van der Waals surface area contributed by atoms with Gasteiger partial charge in [-0.1, -0.05) is 160 Å². The van der Waals surface area contributed by atoms with Gasteiger partial charge in [-0.15, -0.1) is 0 Å². The number of ether oxygens (including phenoxy) is 2. The first kappa shape index (κ1) is 37.9. The van der Waals surface area contributed by atoms with Crippen LogP contribution in [0.5, 0.6) is 0 Å². The summed E-state index contributed by atoms with van der Waals surface area (Å²) in [6.45, 7) is 7.53. The molecule has 7 nitrogen and oxygen atoms in total. The van der Waals surface area contributed by atoms with Gasteiger partial charge in [-0.3, -0.25) is 4.90 Å². The average molecular weight is 616 g/mol. The third kappa shape index (κ3) is 19.2. The number of nitrogens with one attached hydrogen (secondary N) is 2. The largest absolute Gasteiger partial charge is 0.441 e. The Bertz CT molecular complexity index is 789. The molecule has 0 aliphatic carbocycles. The van der Waals surface area contributed by atoms with E-state index in [1.54, 1.807) is 0 Å². The van der Waals surface area contributed by atoms with Gasteiger partial charge in [-0.05, 0) is 18.4 Å². The van der Waals surface area contributed by atoms with Crippen molar-refractivity contribution in [2.24, 2.45) is 0 Å². The summed E-state index contributed by atoms with van der Waals surface area (Å²) >= 11 is 0.